The van der Waals surface area contributed by atoms with Gasteiger partial charge in [0.15, 0.2) is 0 Å². The van der Waals surface area contributed by atoms with Crippen LogP contribution < -0.4 is 5.32 Å². The van der Waals surface area contributed by atoms with Crippen LogP contribution in [0.3, 0.4) is 0 Å². The minimum atomic E-state index is -4.33. The van der Waals surface area contributed by atoms with Gasteiger partial charge in [-0.3, -0.25) is 0 Å². The van der Waals surface area contributed by atoms with Crippen molar-refractivity contribution >= 4 is 6.03 Å². The highest BCUT2D eigenvalue weighted by Gasteiger charge is 2.27. The Labute approximate surface area is 156 Å². The predicted molar refractivity (Wildman–Crippen MR) is 97.0 cm³/mol. The number of alkyl halides is 3. The first-order valence-electron chi connectivity index (χ1n) is 8.54. The lowest BCUT2D eigenvalue weighted by Crippen LogP contribution is -2.38. The Kier molecular flexibility index (Phi) is 7.24. The maximum atomic E-state index is 12.3. The molecule has 2 amide bonds. The molecule has 1 N–H and O–H groups in total. The first-order valence-corrected chi connectivity index (χ1v) is 8.54. The fourth-order valence-electron chi connectivity index (χ4n) is 2.47. The van der Waals surface area contributed by atoms with Gasteiger partial charge in [-0.15, -0.1) is 0 Å². The van der Waals surface area contributed by atoms with Crippen molar-refractivity contribution in [3.8, 4) is 0 Å². The summed E-state index contributed by atoms with van der Waals surface area (Å²) in [6, 6.07) is 16.3. The van der Waals surface area contributed by atoms with Gasteiger partial charge < -0.3 is 15.0 Å². The highest BCUT2D eigenvalue weighted by atomic mass is 19.4. The summed E-state index contributed by atoms with van der Waals surface area (Å²) in [5, 5.41) is 2.84. The lowest BCUT2D eigenvalue weighted by atomic mass is 10.1. The van der Waals surface area contributed by atoms with E-state index in [2.05, 4.69) is 10.1 Å². The molecular formula is C20H23F3N2O2. The van der Waals surface area contributed by atoms with Crippen LogP contribution in [-0.2, 0) is 17.9 Å². The topological polar surface area (TPSA) is 41.6 Å². The average molecular weight is 380 g/mol. The zero-order chi connectivity index (χ0) is 19.9. The van der Waals surface area contributed by atoms with Gasteiger partial charge in [0.05, 0.1) is 12.6 Å². The number of nitrogens with one attached hydrogen (secondary N) is 1. The molecule has 0 fully saturated rings. The molecule has 0 spiro atoms. The Balaban J connectivity index is 1.81. The maximum Gasteiger partial charge on any atom is 0.411 e. The van der Waals surface area contributed by atoms with Crippen molar-refractivity contribution in [3.05, 3.63) is 71.3 Å². The number of rotatable bonds is 7. The largest absolute Gasteiger partial charge is 0.411 e. The quantitative estimate of drug-likeness (QED) is 0.759. The van der Waals surface area contributed by atoms with Crippen molar-refractivity contribution in [1.82, 2.24) is 10.2 Å². The minimum absolute atomic E-state index is 0.0700. The van der Waals surface area contributed by atoms with Gasteiger partial charge in [0.2, 0.25) is 0 Å². The van der Waals surface area contributed by atoms with Gasteiger partial charge in [-0.25, -0.2) is 4.79 Å². The molecule has 4 nitrogen and oxygen atoms in total. The second-order valence-electron chi connectivity index (χ2n) is 6.28. The number of benzene rings is 2. The standard InChI is InChI=1S/C20H23F3N2O2/c1-15(18-6-4-3-5-7-18)25(2)19(26)24-12-16-8-10-17(11-9-16)13-27-14-20(21,22)23/h3-11,15H,12-14H2,1-2H3,(H,24,26). The molecule has 0 aliphatic heterocycles. The smallest absolute Gasteiger partial charge is 0.367 e. The average Bonchev–Trinajstić information content (AvgIpc) is 2.65. The van der Waals surface area contributed by atoms with Gasteiger partial charge in [-0.05, 0) is 23.6 Å². The summed E-state index contributed by atoms with van der Waals surface area (Å²) in [4.78, 5) is 13.9. The molecule has 7 heteroatoms. The monoisotopic (exact) mass is 380 g/mol. The molecule has 0 aliphatic carbocycles. The van der Waals surface area contributed by atoms with Crippen molar-refractivity contribution in [2.75, 3.05) is 13.7 Å². The summed E-state index contributed by atoms with van der Waals surface area (Å²) in [5.74, 6) is 0. The van der Waals surface area contributed by atoms with Gasteiger partial charge in [-0.2, -0.15) is 13.2 Å². The second-order valence-corrected chi connectivity index (χ2v) is 6.28. The third-order valence-corrected chi connectivity index (χ3v) is 4.18. The normalized spacial score (nSPS) is 12.5. The molecular weight excluding hydrogens is 357 g/mol. The summed E-state index contributed by atoms with van der Waals surface area (Å²) in [6.45, 7) is 0.902. The molecule has 0 bridgehead atoms. The Morgan fingerprint density at radius 2 is 1.67 bits per heavy atom. The number of urea groups is 1. The minimum Gasteiger partial charge on any atom is -0.367 e. The summed E-state index contributed by atoms with van der Waals surface area (Å²) in [7, 11) is 1.73. The van der Waals surface area contributed by atoms with Gasteiger partial charge in [0, 0.05) is 13.6 Å². The third kappa shape index (κ3) is 6.94. The maximum absolute atomic E-state index is 12.3. The van der Waals surface area contributed by atoms with E-state index in [4.69, 9.17) is 0 Å². The first-order chi connectivity index (χ1) is 12.8. The van der Waals surface area contributed by atoms with Crippen LogP contribution in [0.5, 0.6) is 0 Å². The lowest BCUT2D eigenvalue weighted by molar-refractivity contribution is -0.176. The van der Waals surface area contributed by atoms with E-state index in [1.54, 1.807) is 36.2 Å². The van der Waals surface area contributed by atoms with Crippen molar-refractivity contribution in [2.45, 2.75) is 32.3 Å². The molecule has 0 aliphatic rings. The number of nitrogens with zero attached hydrogens (tertiary/aromatic N) is 1. The molecule has 0 radical (unpaired) electrons. The summed E-state index contributed by atoms with van der Waals surface area (Å²) in [5.41, 5.74) is 2.53. The van der Waals surface area contributed by atoms with Crippen LogP contribution in [0.2, 0.25) is 0 Å². The van der Waals surface area contributed by atoms with E-state index >= 15 is 0 Å². The Hall–Kier alpha value is -2.54. The molecule has 1 unspecified atom stereocenters. The van der Waals surface area contributed by atoms with E-state index < -0.39 is 12.8 Å². The van der Waals surface area contributed by atoms with Crippen molar-refractivity contribution < 1.29 is 22.7 Å². The lowest BCUT2D eigenvalue weighted by Gasteiger charge is -2.25. The van der Waals surface area contributed by atoms with E-state index in [9.17, 15) is 18.0 Å². The van der Waals surface area contributed by atoms with E-state index in [0.29, 0.717) is 12.1 Å². The van der Waals surface area contributed by atoms with Crippen molar-refractivity contribution in [2.24, 2.45) is 0 Å². The number of amides is 2. The highest BCUT2D eigenvalue weighted by molar-refractivity contribution is 5.74. The van der Waals surface area contributed by atoms with Gasteiger partial charge in [0.25, 0.3) is 0 Å². The summed E-state index contributed by atoms with van der Waals surface area (Å²) in [6.07, 6.45) is -4.33. The van der Waals surface area contributed by atoms with Crippen LogP contribution in [0.15, 0.2) is 54.6 Å². The predicted octanol–water partition coefficient (Wildman–Crippen LogP) is 4.67. The third-order valence-electron chi connectivity index (χ3n) is 4.18. The number of halogens is 3. The Bertz CT molecular complexity index is 718. The van der Waals surface area contributed by atoms with Crippen LogP contribution >= 0.6 is 0 Å². The SMILES string of the molecule is CC(c1ccccc1)N(C)C(=O)NCc1ccc(COCC(F)(F)F)cc1. The molecule has 0 saturated carbocycles. The molecule has 0 aromatic heterocycles. The highest BCUT2D eigenvalue weighted by Crippen LogP contribution is 2.18. The molecule has 27 heavy (non-hydrogen) atoms. The van der Waals surface area contributed by atoms with Gasteiger partial charge >= 0.3 is 12.2 Å². The van der Waals surface area contributed by atoms with E-state index in [0.717, 1.165) is 11.1 Å². The Morgan fingerprint density at radius 1 is 1.07 bits per heavy atom. The molecule has 2 aromatic carbocycles. The second kappa shape index (κ2) is 9.41. The molecule has 1 atom stereocenters. The molecule has 0 heterocycles. The zero-order valence-corrected chi connectivity index (χ0v) is 15.3. The van der Waals surface area contributed by atoms with Crippen molar-refractivity contribution in [3.63, 3.8) is 0 Å². The van der Waals surface area contributed by atoms with E-state index in [1.807, 2.05) is 37.3 Å². The van der Waals surface area contributed by atoms with Crippen LogP contribution in [0.25, 0.3) is 0 Å². The molecule has 0 saturated heterocycles. The van der Waals surface area contributed by atoms with Crippen LogP contribution in [0, 0.1) is 0 Å². The van der Waals surface area contributed by atoms with Crippen LogP contribution in [0.1, 0.15) is 29.7 Å². The van der Waals surface area contributed by atoms with Crippen molar-refractivity contribution in [1.29, 1.82) is 0 Å². The number of carbonyl (C=O) groups is 1. The number of ether oxygens (including phenoxy) is 1. The number of carbonyl (C=O) groups excluding carboxylic acids is 1. The number of hydrogen-bond donors (Lipinski definition) is 1. The fourth-order valence-corrected chi connectivity index (χ4v) is 2.47. The number of hydrogen-bond acceptors (Lipinski definition) is 2. The Morgan fingerprint density at radius 3 is 2.26 bits per heavy atom. The van der Waals surface area contributed by atoms with E-state index in [1.165, 1.54) is 0 Å². The fraction of sp³-hybridized carbons (Fsp3) is 0.350. The molecule has 2 aromatic rings. The first kappa shape index (κ1) is 20.8. The van der Waals surface area contributed by atoms with E-state index in [-0.39, 0.29) is 18.7 Å². The van der Waals surface area contributed by atoms with Gasteiger partial charge in [0.1, 0.15) is 6.61 Å². The zero-order valence-electron chi connectivity index (χ0n) is 15.3. The summed E-state index contributed by atoms with van der Waals surface area (Å²) >= 11 is 0. The molecule has 146 valence electrons. The van der Waals surface area contributed by atoms with Crippen LogP contribution in [-0.4, -0.2) is 30.8 Å². The van der Waals surface area contributed by atoms with Gasteiger partial charge in [-0.1, -0.05) is 54.6 Å². The van der Waals surface area contributed by atoms with Crippen LogP contribution in [0.4, 0.5) is 18.0 Å². The molecule has 2 rings (SSSR count). The summed E-state index contributed by atoms with van der Waals surface area (Å²) < 4.78 is 40.8.